The Bertz CT molecular complexity index is 1750. The first-order valence-corrected chi connectivity index (χ1v) is 14.6. The number of sulfonamides is 1. The molecular formula is C29H29ClN4O6S. The maximum Gasteiger partial charge on any atom is 0.356 e. The molecule has 0 atom stereocenters. The molecule has 0 aliphatic heterocycles. The zero-order valence-electron chi connectivity index (χ0n) is 22.9. The van der Waals surface area contributed by atoms with Gasteiger partial charge in [-0.1, -0.05) is 42.8 Å². The molecule has 0 radical (unpaired) electrons. The lowest BCUT2D eigenvalue weighted by molar-refractivity contribution is 0.0689. The molecule has 0 aliphatic rings. The molecule has 0 spiro atoms. The van der Waals surface area contributed by atoms with Crippen LogP contribution in [0.3, 0.4) is 0 Å². The van der Waals surface area contributed by atoms with Crippen molar-refractivity contribution in [2.75, 3.05) is 11.9 Å². The predicted octanol–water partition coefficient (Wildman–Crippen LogP) is 5.88. The molecule has 1 amide bonds. The zero-order valence-corrected chi connectivity index (χ0v) is 24.4. The van der Waals surface area contributed by atoms with E-state index in [4.69, 9.17) is 16.3 Å². The fraction of sp³-hybridized carbons (Fsp3) is 0.207. The zero-order chi connectivity index (χ0) is 29.9. The Morgan fingerprint density at radius 3 is 2.44 bits per heavy atom. The van der Waals surface area contributed by atoms with Crippen LogP contribution in [0.15, 0.2) is 65.6 Å². The highest BCUT2D eigenvalue weighted by molar-refractivity contribution is 7.89. The number of amides is 1. The van der Waals surface area contributed by atoms with E-state index >= 15 is 0 Å². The highest BCUT2D eigenvalue weighted by Crippen LogP contribution is 2.36. The first-order valence-electron chi connectivity index (χ1n) is 12.7. The molecule has 0 saturated carbocycles. The van der Waals surface area contributed by atoms with E-state index in [1.54, 1.807) is 36.4 Å². The van der Waals surface area contributed by atoms with E-state index in [0.717, 1.165) is 11.1 Å². The summed E-state index contributed by atoms with van der Waals surface area (Å²) in [6.07, 6.45) is 0.541. The Hall–Kier alpha value is -4.19. The molecular weight excluding hydrogens is 568 g/mol. The van der Waals surface area contributed by atoms with Crippen LogP contribution >= 0.6 is 11.6 Å². The molecule has 41 heavy (non-hydrogen) atoms. The van der Waals surface area contributed by atoms with Gasteiger partial charge in [0, 0.05) is 17.8 Å². The number of ether oxygens (including phenoxy) is 1. The summed E-state index contributed by atoms with van der Waals surface area (Å²) in [6, 6.07) is 16.1. The summed E-state index contributed by atoms with van der Waals surface area (Å²) in [5.74, 6) is -1.83. The monoisotopic (exact) mass is 596 g/mol. The van der Waals surface area contributed by atoms with Gasteiger partial charge in [0.05, 0.1) is 16.3 Å². The van der Waals surface area contributed by atoms with Crippen LogP contribution in [0.25, 0.3) is 5.69 Å². The van der Waals surface area contributed by atoms with Gasteiger partial charge in [0.1, 0.15) is 10.6 Å². The molecule has 0 saturated heterocycles. The van der Waals surface area contributed by atoms with Crippen molar-refractivity contribution >= 4 is 39.2 Å². The molecule has 10 nitrogen and oxygen atoms in total. The van der Waals surface area contributed by atoms with Crippen LogP contribution in [0.5, 0.6) is 11.6 Å². The lowest BCUT2D eigenvalue weighted by atomic mass is 10.1. The minimum atomic E-state index is -4.12. The fourth-order valence-electron chi connectivity index (χ4n) is 4.07. The molecule has 12 heteroatoms. The molecule has 0 aliphatic carbocycles. The Kier molecular flexibility index (Phi) is 8.81. The number of benzene rings is 3. The quantitative estimate of drug-likeness (QED) is 0.208. The second-order valence-corrected chi connectivity index (χ2v) is 11.5. The van der Waals surface area contributed by atoms with Gasteiger partial charge in [-0.15, -0.1) is 0 Å². The number of carboxylic acid groups (broad SMARTS) is 1. The number of rotatable bonds is 10. The van der Waals surface area contributed by atoms with Crippen LogP contribution in [0, 0.1) is 20.8 Å². The lowest BCUT2D eigenvalue weighted by Gasteiger charge is -2.17. The van der Waals surface area contributed by atoms with Gasteiger partial charge >= 0.3 is 5.97 Å². The minimum Gasteiger partial charge on any atom is -0.476 e. The van der Waals surface area contributed by atoms with Crippen molar-refractivity contribution in [3.05, 3.63) is 93.6 Å². The Labute approximate surface area is 243 Å². The lowest BCUT2D eigenvalue weighted by Crippen LogP contribution is -2.25. The third-order valence-electron chi connectivity index (χ3n) is 6.43. The number of aromatic carboxylic acids is 1. The first kappa shape index (κ1) is 29.8. The third-order valence-corrected chi connectivity index (χ3v) is 8.25. The number of hydrogen-bond donors (Lipinski definition) is 3. The van der Waals surface area contributed by atoms with Gasteiger partial charge in [-0.25, -0.2) is 17.9 Å². The van der Waals surface area contributed by atoms with Gasteiger partial charge < -0.3 is 15.2 Å². The summed E-state index contributed by atoms with van der Waals surface area (Å²) in [4.78, 5) is 24.6. The molecule has 0 bridgehead atoms. The van der Waals surface area contributed by atoms with Crippen LogP contribution in [0.1, 0.15) is 50.9 Å². The highest BCUT2D eigenvalue weighted by Gasteiger charge is 2.27. The molecule has 0 fully saturated rings. The molecule has 4 aromatic rings. The average Bonchev–Trinajstić information content (AvgIpc) is 3.25. The standard InChI is InChI=1S/C29H29ClN4O6S/c1-5-15-31-41(38,39)25-16-20(32-27(35)21-10-6-7-11-22(21)30)13-14-24(25)40-28-19(4)26(29(36)37)33-34(28)23-12-8-9-17(2)18(23)3/h6-14,16,31H,5,15H2,1-4H3,(H,32,35)(H,36,37). The molecule has 1 heterocycles. The van der Waals surface area contributed by atoms with E-state index in [2.05, 4.69) is 15.1 Å². The fourth-order valence-corrected chi connectivity index (χ4v) is 5.58. The van der Waals surface area contributed by atoms with Crippen LogP contribution < -0.4 is 14.8 Å². The van der Waals surface area contributed by atoms with Gasteiger partial charge in [-0.3, -0.25) is 4.79 Å². The van der Waals surface area contributed by atoms with E-state index in [1.165, 1.54) is 29.8 Å². The van der Waals surface area contributed by atoms with Gasteiger partial charge in [0.25, 0.3) is 5.91 Å². The number of nitrogens with one attached hydrogen (secondary N) is 2. The number of nitrogens with zero attached hydrogens (tertiary/aromatic N) is 2. The van der Waals surface area contributed by atoms with Gasteiger partial charge in [-0.2, -0.15) is 9.78 Å². The first-order chi connectivity index (χ1) is 19.4. The van der Waals surface area contributed by atoms with Crippen molar-refractivity contribution in [2.45, 2.75) is 39.0 Å². The van der Waals surface area contributed by atoms with Crippen LogP contribution in [0.2, 0.25) is 5.02 Å². The number of carboxylic acids is 1. The predicted molar refractivity (Wildman–Crippen MR) is 156 cm³/mol. The largest absolute Gasteiger partial charge is 0.476 e. The average molecular weight is 597 g/mol. The highest BCUT2D eigenvalue weighted by atomic mass is 35.5. The van der Waals surface area contributed by atoms with Gasteiger partial charge in [0.2, 0.25) is 15.9 Å². The number of aromatic nitrogens is 2. The van der Waals surface area contributed by atoms with E-state index in [1.807, 2.05) is 26.8 Å². The number of anilines is 1. The second-order valence-electron chi connectivity index (χ2n) is 9.31. The number of aryl methyl sites for hydroxylation is 1. The summed E-state index contributed by atoms with van der Waals surface area (Å²) in [5, 5.41) is 17.0. The molecule has 214 valence electrons. The van der Waals surface area contributed by atoms with Crippen molar-refractivity contribution in [3.63, 3.8) is 0 Å². The number of hydrogen-bond acceptors (Lipinski definition) is 6. The molecule has 0 unspecified atom stereocenters. The number of carbonyl (C=O) groups excluding carboxylic acids is 1. The molecule has 3 N–H and O–H groups in total. The van der Waals surface area contributed by atoms with Crippen LogP contribution in [-0.4, -0.2) is 41.7 Å². The van der Waals surface area contributed by atoms with Gasteiger partial charge in [0.15, 0.2) is 5.69 Å². The van der Waals surface area contributed by atoms with E-state index in [0.29, 0.717) is 12.1 Å². The molecule has 4 rings (SSSR count). The Morgan fingerprint density at radius 1 is 1.02 bits per heavy atom. The summed E-state index contributed by atoms with van der Waals surface area (Å²) < 4.78 is 36.8. The summed E-state index contributed by atoms with van der Waals surface area (Å²) in [5.41, 5.74) is 2.74. The van der Waals surface area contributed by atoms with Gasteiger partial charge in [-0.05, 0) is 74.7 Å². The minimum absolute atomic E-state index is 0.0379. The smallest absolute Gasteiger partial charge is 0.356 e. The van der Waals surface area contributed by atoms with E-state index in [-0.39, 0.29) is 50.6 Å². The summed E-state index contributed by atoms with van der Waals surface area (Å²) in [6.45, 7) is 7.30. The maximum absolute atomic E-state index is 13.4. The van der Waals surface area contributed by atoms with Crippen molar-refractivity contribution in [2.24, 2.45) is 0 Å². The summed E-state index contributed by atoms with van der Waals surface area (Å²) >= 11 is 6.15. The van der Waals surface area contributed by atoms with Crippen molar-refractivity contribution in [1.82, 2.24) is 14.5 Å². The molecule has 1 aromatic heterocycles. The van der Waals surface area contributed by atoms with Crippen molar-refractivity contribution < 1.29 is 27.9 Å². The van der Waals surface area contributed by atoms with Crippen LogP contribution in [-0.2, 0) is 10.0 Å². The van der Waals surface area contributed by atoms with Crippen molar-refractivity contribution in [3.8, 4) is 17.3 Å². The van der Waals surface area contributed by atoms with E-state index in [9.17, 15) is 23.1 Å². The van der Waals surface area contributed by atoms with Crippen molar-refractivity contribution in [1.29, 1.82) is 0 Å². The number of halogens is 1. The third kappa shape index (κ3) is 6.27. The SMILES string of the molecule is CCCNS(=O)(=O)c1cc(NC(=O)c2ccccc2Cl)ccc1Oc1c(C)c(C(=O)O)nn1-c1cccc(C)c1C. The normalized spacial score (nSPS) is 11.3. The maximum atomic E-state index is 13.4. The topological polar surface area (TPSA) is 140 Å². The Balaban J connectivity index is 1.83. The second kappa shape index (κ2) is 12.1. The number of carbonyl (C=O) groups is 2. The molecule has 3 aromatic carbocycles. The van der Waals surface area contributed by atoms with Crippen LogP contribution in [0.4, 0.5) is 5.69 Å². The summed E-state index contributed by atoms with van der Waals surface area (Å²) in [7, 11) is -4.12. The Morgan fingerprint density at radius 2 is 1.76 bits per heavy atom. The van der Waals surface area contributed by atoms with E-state index < -0.39 is 21.9 Å².